The van der Waals surface area contributed by atoms with E-state index in [1.54, 1.807) is 30.6 Å². The number of sulfone groups is 1. The van der Waals surface area contributed by atoms with E-state index in [1.165, 1.54) is 6.26 Å². The van der Waals surface area contributed by atoms with Gasteiger partial charge in [-0.3, -0.25) is 5.10 Å². The van der Waals surface area contributed by atoms with Gasteiger partial charge < -0.3 is 10.2 Å². The van der Waals surface area contributed by atoms with Crippen LogP contribution >= 0.6 is 0 Å². The molecule has 3 heterocycles. The molecule has 0 radical (unpaired) electrons. The molecule has 0 aliphatic rings. The maximum Gasteiger partial charge on any atom is 0.229 e. The maximum atomic E-state index is 11.9. The lowest BCUT2D eigenvalue weighted by atomic mass is 10.2. The number of aromatic amines is 1. The molecular weight excluding hydrogens is 390 g/mol. The molecule has 0 saturated heterocycles. The first-order valence-corrected chi connectivity index (χ1v) is 10.6. The summed E-state index contributed by atoms with van der Waals surface area (Å²) in [5, 5.41) is 11.2. The van der Waals surface area contributed by atoms with E-state index in [4.69, 9.17) is 0 Å². The Morgan fingerprint density at radius 1 is 1.10 bits per heavy atom. The quantitative estimate of drug-likeness (QED) is 0.517. The summed E-state index contributed by atoms with van der Waals surface area (Å²) in [7, 11) is -1.47. The van der Waals surface area contributed by atoms with E-state index in [2.05, 4.69) is 30.5 Å². The highest BCUT2D eigenvalue weighted by molar-refractivity contribution is 7.90. The minimum Gasteiger partial charge on any atom is -0.324 e. The molecule has 4 rings (SSSR count). The number of benzene rings is 1. The van der Waals surface area contributed by atoms with Gasteiger partial charge in [-0.15, -0.1) is 0 Å². The van der Waals surface area contributed by atoms with Crippen LogP contribution in [0.3, 0.4) is 0 Å². The Labute approximate surface area is 167 Å². The van der Waals surface area contributed by atoms with E-state index in [1.807, 2.05) is 37.1 Å². The number of fused-ring (bicyclic) bond motifs is 1. The van der Waals surface area contributed by atoms with E-state index in [0.717, 1.165) is 10.9 Å². The average molecular weight is 409 g/mol. The topological polar surface area (TPSA) is 117 Å². The van der Waals surface area contributed by atoms with Crippen LogP contribution in [0.15, 0.2) is 53.7 Å². The summed E-state index contributed by atoms with van der Waals surface area (Å²) >= 11 is 0. The number of aryl methyl sites for hydroxylation is 1. The second-order valence-corrected chi connectivity index (χ2v) is 8.69. The van der Waals surface area contributed by atoms with Crippen LogP contribution < -0.4 is 10.2 Å². The minimum absolute atomic E-state index is 0.240. The van der Waals surface area contributed by atoms with E-state index >= 15 is 0 Å². The lowest BCUT2D eigenvalue weighted by Crippen LogP contribution is -2.13. The SMILES string of the molecule is Cc1cc(Nc2nccc(N(C)c3n[nH]c4ncccc34)n2)cc(S(C)(=O)=O)c1. The van der Waals surface area contributed by atoms with E-state index < -0.39 is 9.84 Å². The summed E-state index contributed by atoms with van der Waals surface area (Å²) in [6.45, 7) is 1.83. The summed E-state index contributed by atoms with van der Waals surface area (Å²) in [6.07, 6.45) is 4.51. The Hall–Kier alpha value is -3.53. The van der Waals surface area contributed by atoms with Crippen LogP contribution in [-0.4, -0.2) is 46.9 Å². The van der Waals surface area contributed by atoms with Gasteiger partial charge >= 0.3 is 0 Å². The molecule has 0 amide bonds. The summed E-state index contributed by atoms with van der Waals surface area (Å²) in [4.78, 5) is 15.1. The molecule has 0 atom stereocenters. The molecule has 0 fully saturated rings. The van der Waals surface area contributed by atoms with Gasteiger partial charge in [0.1, 0.15) is 5.82 Å². The van der Waals surface area contributed by atoms with Gasteiger partial charge in [-0.1, -0.05) is 0 Å². The van der Waals surface area contributed by atoms with Crippen molar-refractivity contribution in [2.24, 2.45) is 0 Å². The molecule has 0 spiro atoms. The molecule has 148 valence electrons. The summed E-state index contributed by atoms with van der Waals surface area (Å²) in [5.74, 6) is 1.65. The first-order valence-electron chi connectivity index (χ1n) is 8.76. The van der Waals surface area contributed by atoms with Crippen molar-refractivity contribution in [1.29, 1.82) is 0 Å². The van der Waals surface area contributed by atoms with Crippen molar-refractivity contribution in [2.45, 2.75) is 11.8 Å². The molecule has 10 heteroatoms. The normalized spacial score (nSPS) is 11.6. The Kier molecular flexibility index (Phi) is 4.63. The molecule has 3 aromatic heterocycles. The van der Waals surface area contributed by atoms with Crippen molar-refractivity contribution in [2.75, 3.05) is 23.5 Å². The minimum atomic E-state index is -3.32. The molecule has 2 N–H and O–H groups in total. The Morgan fingerprint density at radius 2 is 1.93 bits per heavy atom. The third kappa shape index (κ3) is 3.87. The second kappa shape index (κ2) is 7.13. The largest absolute Gasteiger partial charge is 0.324 e. The zero-order valence-electron chi connectivity index (χ0n) is 16.1. The number of pyridine rings is 1. The van der Waals surface area contributed by atoms with Crippen LogP contribution in [0.25, 0.3) is 11.0 Å². The molecule has 29 heavy (non-hydrogen) atoms. The number of H-pyrrole nitrogens is 1. The number of aromatic nitrogens is 5. The van der Waals surface area contributed by atoms with Gasteiger partial charge in [0.2, 0.25) is 5.95 Å². The van der Waals surface area contributed by atoms with Gasteiger partial charge in [-0.25, -0.2) is 18.4 Å². The van der Waals surface area contributed by atoms with Gasteiger partial charge in [0, 0.05) is 31.4 Å². The fourth-order valence-corrected chi connectivity index (χ4v) is 3.71. The standard InChI is InChI=1S/C19H19N7O2S/c1-12-9-13(11-14(10-12)29(3,27)28)22-19-21-8-6-16(23-19)26(2)18-15-5-4-7-20-17(15)24-25-18/h4-11H,1-3H3,(H,20,24,25)(H,21,22,23). The highest BCUT2D eigenvalue weighted by Gasteiger charge is 2.15. The molecule has 9 nitrogen and oxygen atoms in total. The van der Waals surface area contributed by atoms with Crippen molar-refractivity contribution in [3.63, 3.8) is 0 Å². The maximum absolute atomic E-state index is 11.9. The fraction of sp³-hybridized carbons (Fsp3) is 0.158. The highest BCUT2D eigenvalue weighted by atomic mass is 32.2. The summed E-state index contributed by atoms with van der Waals surface area (Å²) in [6, 6.07) is 10.6. The third-order valence-corrected chi connectivity index (χ3v) is 5.45. The van der Waals surface area contributed by atoms with Crippen LogP contribution in [0.1, 0.15) is 5.56 Å². The zero-order chi connectivity index (χ0) is 20.6. The van der Waals surface area contributed by atoms with Crippen LogP contribution in [0.4, 0.5) is 23.3 Å². The molecule has 0 aliphatic heterocycles. The van der Waals surface area contributed by atoms with Crippen molar-refractivity contribution in [3.8, 4) is 0 Å². The highest BCUT2D eigenvalue weighted by Crippen LogP contribution is 2.27. The van der Waals surface area contributed by atoms with E-state index in [0.29, 0.717) is 28.9 Å². The first kappa shape index (κ1) is 18.8. The van der Waals surface area contributed by atoms with Crippen LogP contribution in [-0.2, 0) is 9.84 Å². The lowest BCUT2D eigenvalue weighted by molar-refractivity contribution is 0.602. The molecule has 0 bridgehead atoms. The summed E-state index contributed by atoms with van der Waals surface area (Å²) < 4.78 is 23.8. The third-order valence-electron chi connectivity index (χ3n) is 4.35. The van der Waals surface area contributed by atoms with E-state index in [9.17, 15) is 8.42 Å². The van der Waals surface area contributed by atoms with Crippen molar-refractivity contribution < 1.29 is 8.42 Å². The first-order chi connectivity index (χ1) is 13.8. The molecule has 0 unspecified atom stereocenters. The molecule has 4 aromatic rings. The van der Waals surface area contributed by atoms with Crippen LogP contribution in [0.5, 0.6) is 0 Å². The zero-order valence-corrected chi connectivity index (χ0v) is 16.9. The predicted molar refractivity (Wildman–Crippen MR) is 112 cm³/mol. The monoisotopic (exact) mass is 409 g/mol. The van der Waals surface area contributed by atoms with Gasteiger partial charge in [0.05, 0.1) is 10.3 Å². The number of hydrogen-bond donors (Lipinski definition) is 2. The predicted octanol–water partition coefficient (Wildman–Crippen LogP) is 2.97. The average Bonchev–Trinajstić information content (AvgIpc) is 3.10. The second-order valence-electron chi connectivity index (χ2n) is 6.68. The molecule has 0 aliphatic carbocycles. The van der Waals surface area contributed by atoms with Crippen molar-refractivity contribution >= 4 is 44.1 Å². The fourth-order valence-electron chi connectivity index (χ4n) is 2.96. The number of anilines is 4. The van der Waals surface area contributed by atoms with Gasteiger partial charge in [-0.2, -0.15) is 10.1 Å². The Balaban J connectivity index is 1.65. The van der Waals surface area contributed by atoms with Crippen molar-refractivity contribution in [1.82, 2.24) is 25.1 Å². The van der Waals surface area contributed by atoms with Gasteiger partial charge in [-0.05, 0) is 48.9 Å². The van der Waals surface area contributed by atoms with Gasteiger partial charge in [0.15, 0.2) is 21.3 Å². The molecular formula is C19H19N7O2S. The molecule has 0 saturated carbocycles. The number of nitrogens with zero attached hydrogens (tertiary/aromatic N) is 5. The van der Waals surface area contributed by atoms with Gasteiger partial charge in [0.25, 0.3) is 0 Å². The Morgan fingerprint density at radius 3 is 2.72 bits per heavy atom. The van der Waals surface area contributed by atoms with Crippen LogP contribution in [0.2, 0.25) is 0 Å². The number of nitrogens with one attached hydrogen (secondary N) is 2. The lowest BCUT2D eigenvalue weighted by Gasteiger charge is -2.16. The summed E-state index contributed by atoms with van der Waals surface area (Å²) in [5.41, 5.74) is 2.11. The van der Waals surface area contributed by atoms with E-state index in [-0.39, 0.29) is 4.90 Å². The smallest absolute Gasteiger partial charge is 0.229 e. The van der Waals surface area contributed by atoms with Crippen LogP contribution in [0, 0.1) is 6.92 Å². The number of rotatable bonds is 5. The Bertz CT molecular complexity index is 1300. The van der Waals surface area contributed by atoms with Crippen molar-refractivity contribution in [3.05, 3.63) is 54.4 Å². The molecule has 1 aromatic carbocycles. The number of hydrogen-bond acceptors (Lipinski definition) is 8.